The molecule has 3 aromatic rings. The Morgan fingerprint density at radius 1 is 0.862 bits per heavy atom. The van der Waals surface area contributed by atoms with Crippen molar-refractivity contribution in [3.63, 3.8) is 0 Å². The summed E-state index contributed by atoms with van der Waals surface area (Å²) in [6.45, 7) is 3.71. The Kier molecular flexibility index (Phi) is 6.03. The van der Waals surface area contributed by atoms with Crippen LogP contribution in [0.5, 0.6) is 0 Å². The number of anilines is 1. The third-order valence-corrected chi connectivity index (χ3v) is 6.27. The van der Waals surface area contributed by atoms with Gasteiger partial charge >= 0.3 is 5.97 Å². The second kappa shape index (κ2) is 8.49. The third kappa shape index (κ3) is 5.23. The summed E-state index contributed by atoms with van der Waals surface area (Å²) in [5, 5.41) is 8.94. The molecule has 0 saturated heterocycles. The van der Waals surface area contributed by atoms with E-state index in [9.17, 15) is 13.2 Å². The minimum Gasteiger partial charge on any atom is -0.478 e. The van der Waals surface area contributed by atoms with E-state index in [2.05, 4.69) is 4.72 Å². The van der Waals surface area contributed by atoms with Crippen LogP contribution in [0.2, 0.25) is 0 Å². The maximum Gasteiger partial charge on any atom is 0.335 e. The largest absolute Gasteiger partial charge is 0.478 e. The van der Waals surface area contributed by atoms with Gasteiger partial charge in [0.05, 0.1) is 10.5 Å². The normalized spacial score (nSPS) is 11.2. The van der Waals surface area contributed by atoms with Crippen LogP contribution in [0.4, 0.5) is 5.69 Å². The molecule has 0 atom stereocenters. The zero-order chi connectivity index (χ0) is 21.0. The van der Waals surface area contributed by atoms with Gasteiger partial charge in [-0.1, -0.05) is 42.0 Å². The van der Waals surface area contributed by atoms with Crippen LogP contribution < -0.4 is 4.72 Å². The number of nitrogens with one attached hydrogen (secondary N) is 1. The number of benzene rings is 3. The summed E-state index contributed by atoms with van der Waals surface area (Å²) in [5.74, 6) is -0.935. The van der Waals surface area contributed by atoms with E-state index in [0.717, 1.165) is 29.5 Å². The summed E-state index contributed by atoms with van der Waals surface area (Å²) in [4.78, 5) is 11.2. The summed E-state index contributed by atoms with van der Waals surface area (Å²) < 4.78 is 27.9. The van der Waals surface area contributed by atoms with Crippen LogP contribution in [0, 0.1) is 13.8 Å². The lowest BCUT2D eigenvalue weighted by Gasteiger charge is -2.11. The van der Waals surface area contributed by atoms with Gasteiger partial charge in [0.1, 0.15) is 0 Å². The molecule has 0 amide bonds. The van der Waals surface area contributed by atoms with Gasteiger partial charge in [0.25, 0.3) is 10.0 Å². The molecule has 2 N–H and O–H groups in total. The first-order chi connectivity index (χ1) is 13.7. The summed E-state index contributed by atoms with van der Waals surface area (Å²) in [5.41, 5.74) is 4.64. The summed E-state index contributed by atoms with van der Waals surface area (Å²) in [6, 6.07) is 19.4. The lowest BCUT2D eigenvalue weighted by molar-refractivity contribution is 0.0697. The molecule has 0 radical (unpaired) electrons. The molecule has 3 aromatic carbocycles. The zero-order valence-corrected chi connectivity index (χ0v) is 17.2. The molecule has 0 aliphatic carbocycles. The molecule has 0 aliphatic heterocycles. The Morgan fingerprint density at radius 2 is 1.41 bits per heavy atom. The van der Waals surface area contributed by atoms with Crippen molar-refractivity contribution in [1.82, 2.24) is 0 Å². The van der Waals surface area contributed by atoms with Gasteiger partial charge in [-0.25, -0.2) is 13.2 Å². The molecule has 0 spiro atoms. The van der Waals surface area contributed by atoms with E-state index in [1.807, 2.05) is 37.3 Å². The number of hydrogen-bond acceptors (Lipinski definition) is 3. The van der Waals surface area contributed by atoms with Gasteiger partial charge in [-0.2, -0.15) is 0 Å². The number of rotatable bonds is 7. The number of aryl methyl sites for hydroxylation is 4. The summed E-state index contributed by atoms with van der Waals surface area (Å²) >= 11 is 0. The highest BCUT2D eigenvalue weighted by Gasteiger charge is 2.16. The predicted molar refractivity (Wildman–Crippen MR) is 114 cm³/mol. The van der Waals surface area contributed by atoms with Gasteiger partial charge in [-0.3, -0.25) is 4.72 Å². The molecule has 0 aliphatic rings. The van der Waals surface area contributed by atoms with E-state index >= 15 is 0 Å². The van der Waals surface area contributed by atoms with Crippen molar-refractivity contribution >= 4 is 21.7 Å². The minimum absolute atomic E-state index is 0.272. The quantitative estimate of drug-likeness (QED) is 0.598. The van der Waals surface area contributed by atoms with Crippen LogP contribution in [-0.4, -0.2) is 19.5 Å². The van der Waals surface area contributed by atoms with Crippen molar-refractivity contribution in [3.05, 3.63) is 94.5 Å². The third-order valence-electron chi connectivity index (χ3n) is 4.73. The molecule has 0 saturated carbocycles. The van der Waals surface area contributed by atoms with Crippen LogP contribution in [0.1, 0.15) is 32.6 Å². The van der Waals surface area contributed by atoms with E-state index in [-0.39, 0.29) is 10.5 Å². The van der Waals surface area contributed by atoms with E-state index in [0.29, 0.717) is 11.3 Å². The van der Waals surface area contributed by atoms with Crippen LogP contribution in [0.15, 0.2) is 71.6 Å². The molecule has 0 unspecified atom stereocenters. The molecule has 150 valence electrons. The van der Waals surface area contributed by atoms with Crippen LogP contribution in [0.3, 0.4) is 0 Å². The molecule has 6 heteroatoms. The standard InChI is InChI=1S/C23H23NO4S/c1-16-3-14-22(17(2)15-16)29(27,28)24-21-12-8-19(9-13-21)5-4-18-6-10-20(11-7-18)23(25)26/h3,6-15,24H,4-5H2,1-2H3,(H,25,26). The first-order valence-corrected chi connectivity index (χ1v) is 10.7. The number of carbonyl (C=O) groups is 1. The van der Waals surface area contributed by atoms with Crippen molar-refractivity contribution < 1.29 is 18.3 Å². The Labute approximate surface area is 171 Å². The van der Waals surface area contributed by atoms with Gasteiger partial charge in [0.2, 0.25) is 0 Å². The number of carboxylic acids is 1. The maximum absolute atomic E-state index is 12.7. The Bertz CT molecular complexity index is 1120. The van der Waals surface area contributed by atoms with Gasteiger partial charge in [-0.05, 0) is 73.7 Å². The van der Waals surface area contributed by atoms with E-state index in [1.165, 1.54) is 0 Å². The molecule has 0 heterocycles. The smallest absolute Gasteiger partial charge is 0.335 e. The molecular weight excluding hydrogens is 386 g/mol. The number of carboxylic acid groups (broad SMARTS) is 1. The van der Waals surface area contributed by atoms with Crippen molar-refractivity contribution in [2.45, 2.75) is 31.6 Å². The minimum atomic E-state index is -3.64. The fourth-order valence-corrected chi connectivity index (χ4v) is 4.44. The van der Waals surface area contributed by atoms with E-state index in [4.69, 9.17) is 5.11 Å². The average molecular weight is 410 g/mol. The molecular formula is C23H23NO4S. The Hall–Kier alpha value is -3.12. The van der Waals surface area contributed by atoms with Crippen LogP contribution in [-0.2, 0) is 22.9 Å². The molecule has 29 heavy (non-hydrogen) atoms. The number of hydrogen-bond donors (Lipinski definition) is 2. The van der Waals surface area contributed by atoms with Crippen molar-refractivity contribution in [2.75, 3.05) is 4.72 Å². The van der Waals surface area contributed by atoms with Gasteiger partial charge in [0, 0.05) is 5.69 Å². The molecule has 0 aromatic heterocycles. The molecule has 5 nitrogen and oxygen atoms in total. The van der Waals surface area contributed by atoms with Gasteiger partial charge < -0.3 is 5.11 Å². The van der Waals surface area contributed by atoms with Crippen molar-refractivity contribution in [1.29, 1.82) is 0 Å². The lowest BCUT2D eigenvalue weighted by atomic mass is 10.0. The highest BCUT2D eigenvalue weighted by Crippen LogP contribution is 2.21. The van der Waals surface area contributed by atoms with E-state index < -0.39 is 16.0 Å². The highest BCUT2D eigenvalue weighted by molar-refractivity contribution is 7.92. The second-order valence-corrected chi connectivity index (χ2v) is 8.72. The second-order valence-electron chi connectivity index (χ2n) is 7.07. The first kappa shape index (κ1) is 20.6. The van der Waals surface area contributed by atoms with Gasteiger partial charge in [0.15, 0.2) is 0 Å². The summed E-state index contributed by atoms with van der Waals surface area (Å²) in [6.07, 6.45) is 1.55. The molecule has 3 rings (SSSR count). The zero-order valence-electron chi connectivity index (χ0n) is 16.3. The average Bonchev–Trinajstić information content (AvgIpc) is 2.67. The highest BCUT2D eigenvalue weighted by atomic mass is 32.2. The van der Waals surface area contributed by atoms with Gasteiger partial charge in [-0.15, -0.1) is 0 Å². The summed E-state index contributed by atoms with van der Waals surface area (Å²) in [7, 11) is -3.64. The number of aromatic carboxylic acids is 1. The van der Waals surface area contributed by atoms with Crippen LogP contribution >= 0.6 is 0 Å². The monoisotopic (exact) mass is 409 g/mol. The maximum atomic E-state index is 12.7. The number of sulfonamides is 1. The van der Waals surface area contributed by atoms with Crippen molar-refractivity contribution in [3.8, 4) is 0 Å². The van der Waals surface area contributed by atoms with E-state index in [1.54, 1.807) is 43.3 Å². The van der Waals surface area contributed by atoms with Crippen LogP contribution in [0.25, 0.3) is 0 Å². The Morgan fingerprint density at radius 3 is 1.93 bits per heavy atom. The molecule has 0 bridgehead atoms. The topological polar surface area (TPSA) is 83.5 Å². The SMILES string of the molecule is Cc1ccc(S(=O)(=O)Nc2ccc(CCc3ccc(C(=O)O)cc3)cc2)c(C)c1. The predicted octanol–water partition coefficient (Wildman–Crippen LogP) is 4.59. The first-order valence-electron chi connectivity index (χ1n) is 9.26. The lowest BCUT2D eigenvalue weighted by Crippen LogP contribution is -2.14. The fraction of sp³-hybridized carbons (Fsp3) is 0.174. The Balaban J connectivity index is 1.64. The molecule has 0 fully saturated rings. The van der Waals surface area contributed by atoms with Crippen molar-refractivity contribution in [2.24, 2.45) is 0 Å². The fourth-order valence-electron chi connectivity index (χ4n) is 3.15.